The molecule has 7 nitrogen and oxygen atoms in total. The maximum atomic E-state index is 13.8. The van der Waals surface area contributed by atoms with Crippen LogP contribution in [0.4, 0.5) is 4.39 Å². The van der Waals surface area contributed by atoms with Gasteiger partial charge in [-0.3, -0.25) is 0 Å². The van der Waals surface area contributed by atoms with Crippen LogP contribution >= 0.6 is 0 Å². The fourth-order valence-corrected chi connectivity index (χ4v) is 5.90. The summed E-state index contributed by atoms with van der Waals surface area (Å²) in [6.07, 6.45) is 2.00. The summed E-state index contributed by atoms with van der Waals surface area (Å²) >= 11 is 0. The highest BCUT2D eigenvalue weighted by atomic mass is 32.2. The van der Waals surface area contributed by atoms with Gasteiger partial charge in [-0.25, -0.2) is 12.8 Å². The van der Waals surface area contributed by atoms with Gasteiger partial charge in [-0.2, -0.15) is 4.31 Å². The molecule has 0 radical (unpaired) electrons. The van der Waals surface area contributed by atoms with E-state index in [2.05, 4.69) is 5.16 Å². The Morgan fingerprint density at radius 1 is 1.18 bits per heavy atom. The van der Waals surface area contributed by atoms with Crippen LogP contribution in [-0.2, 0) is 27.7 Å². The fraction of sp³-hybridized carbons (Fsp3) is 0.400. The highest BCUT2D eigenvalue weighted by Gasteiger charge is 2.33. The minimum Gasteiger partial charge on any atom is -0.493 e. The lowest BCUT2D eigenvalue weighted by atomic mass is 10.1. The summed E-state index contributed by atoms with van der Waals surface area (Å²) in [5.41, 5.74) is 1.70. The molecule has 0 saturated carbocycles. The van der Waals surface area contributed by atoms with Gasteiger partial charge >= 0.3 is 0 Å². The molecular formula is C25H29FN2O5S. The van der Waals surface area contributed by atoms with Crippen molar-refractivity contribution in [2.45, 2.75) is 50.7 Å². The Balaban J connectivity index is 1.50. The molecule has 182 valence electrons. The summed E-state index contributed by atoms with van der Waals surface area (Å²) in [5.74, 6) is 0.606. The number of rotatable bonds is 10. The summed E-state index contributed by atoms with van der Waals surface area (Å²) in [7, 11) is -3.86. The van der Waals surface area contributed by atoms with Gasteiger partial charge in [0.25, 0.3) is 0 Å². The van der Waals surface area contributed by atoms with E-state index >= 15 is 0 Å². The number of ether oxygens (including phenoxy) is 2. The van der Waals surface area contributed by atoms with E-state index in [1.54, 1.807) is 38.1 Å². The lowest BCUT2D eigenvalue weighted by molar-refractivity contribution is 0.0925. The van der Waals surface area contributed by atoms with Gasteiger partial charge in [0, 0.05) is 26.1 Å². The highest BCUT2D eigenvalue weighted by molar-refractivity contribution is 7.89. The van der Waals surface area contributed by atoms with Gasteiger partial charge in [0.1, 0.15) is 22.2 Å². The first-order valence-electron chi connectivity index (χ1n) is 11.3. The van der Waals surface area contributed by atoms with E-state index in [1.807, 2.05) is 18.2 Å². The second-order valence-electron chi connectivity index (χ2n) is 8.42. The van der Waals surface area contributed by atoms with Crippen molar-refractivity contribution in [2.75, 3.05) is 19.8 Å². The Kier molecular flexibility index (Phi) is 7.65. The Labute approximate surface area is 199 Å². The maximum absolute atomic E-state index is 13.8. The molecular weight excluding hydrogens is 459 g/mol. The van der Waals surface area contributed by atoms with Crippen LogP contribution in [0.25, 0.3) is 0 Å². The number of hydrogen-bond acceptors (Lipinski definition) is 6. The molecule has 3 aromatic rings. The lowest BCUT2D eigenvalue weighted by Gasteiger charge is -2.25. The molecule has 1 fully saturated rings. The molecule has 1 aliphatic rings. The van der Waals surface area contributed by atoms with Crippen LogP contribution in [0.1, 0.15) is 35.4 Å². The van der Waals surface area contributed by atoms with E-state index in [0.717, 1.165) is 18.4 Å². The maximum Gasteiger partial charge on any atom is 0.248 e. The van der Waals surface area contributed by atoms with Crippen LogP contribution < -0.4 is 4.74 Å². The number of sulfonamides is 1. The summed E-state index contributed by atoms with van der Waals surface area (Å²) in [6, 6.07) is 13.9. The molecule has 1 saturated heterocycles. The second-order valence-corrected chi connectivity index (χ2v) is 10.3. The monoisotopic (exact) mass is 488 g/mol. The number of nitrogens with zero attached hydrogens (tertiary/aromatic N) is 2. The van der Waals surface area contributed by atoms with Gasteiger partial charge in [0.15, 0.2) is 5.76 Å². The zero-order valence-corrected chi connectivity index (χ0v) is 20.2. The van der Waals surface area contributed by atoms with Crippen molar-refractivity contribution >= 4 is 10.0 Å². The third-order valence-electron chi connectivity index (χ3n) is 5.85. The third-order valence-corrected chi connectivity index (χ3v) is 7.91. The number of halogens is 1. The smallest absolute Gasteiger partial charge is 0.248 e. The fourth-order valence-electron chi connectivity index (χ4n) is 4.15. The van der Waals surface area contributed by atoms with Crippen molar-refractivity contribution < 1.29 is 26.8 Å². The first-order valence-corrected chi connectivity index (χ1v) is 12.8. The van der Waals surface area contributed by atoms with Gasteiger partial charge in [0.2, 0.25) is 10.0 Å². The number of benzene rings is 2. The van der Waals surface area contributed by atoms with E-state index in [4.69, 9.17) is 14.0 Å². The second kappa shape index (κ2) is 10.7. The summed E-state index contributed by atoms with van der Waals surface area (Å²) in [6.45, 7) is 4.55. The molecule has 34 heavy (non-hydrogen) atoms. The standard InChI is InChI=1S/C25H29FN2O5S/c1-18-25(19(2)33-27-18)34(29,30)28(17-23-10-6-13-31-23)16-20-7-5-9-22(15-20)32-14-12-21-8-3-4-11-24(21)26/h3-5,7-9,11,15,23H,6,10,12-14,16-17H2,1-2H3/t23-/m0/s1. The van der Waals surface area contributed by atoms with Crippen LogP contribution in [0.5, 0.6) is 5.75 Å². The van der Waals surface area contributed by atoms with Gasteiger partial charge in [-0.1, -0.05) is 35.5 Å². The van der Waals surface area contributed by atoms with Crippen molar-refractivity contribution in [3.63, 3.8) is 0 Å². The zero-order valence-electron chi connectivity index (χ0n) is 19.4. The minimum atomic E-state index is -3.86. The highest BCUT2D eigenvalue weighted by Crippen LogP contribution is 2.27. The Bertz CT molecular complexity index is 1200. The Morgan fingerprint density at radius 3 is 2.71 bits per heavy atom. The van der Waals surface area contributed by atoms with Crippen molar-refractivity contribution in [3.8, 4) is 5.75 Å². The van der Waals surface area contributed by atoms with Crippen LogP contribution in [-0.4, -0.2) is 43.7 Å². The minimum absolute atomic E-state index is 0.0998. The van der Waals surface area contributed by atoms with Crippen LogP contribution in [0.3, 0.4) is 0 Å². The lowest BCUT2D eigenvalue weighted by Crippen LogP contribution is -2.37. The van der Waals surface area contributed by atoms with Gasteiger partial charge < -0.3 is 14.0 Å². The van der Waals surface area contributed by atoms with E-state index < -0.39 is 10.0 Å². The largest absolute Gasteiger partial charge is 0.493 e. The summed E-state index contributed by atoms with van der Waals surface area (Å²) in [5, 5.41) is 3.82. The topological polar surface area (TPSA) is 81.9 Å². The number of hydrogen-bond donors (Lipinski definition) is 0. The average molecular weight is 489 g/mol. The van der Waals surface area contributed by atoms with Gasteiger partial charge in [-0.15, -0.1) is 0 Å². The normalized spacial score (nSPS) is 16.3. The molecule has 0 unspecified atom stereocenters. The van der Waals surface area contributed by atoms with Crippen LogP contribution in [0.15, 0.2) is 57.9 Å². The van der Waals surface area contributed by atoms with Crippen molar-refractivity contribution in [2.24, 2.45) is 0 Å². The zero-order chi connectivity index (χ0) is 24.1. The van der Waals surface area contributed by atoms with Gasteiger partial charge in [0.05, 0.1) is 12.7 Å². The average Bonchev–Trinajstić information content (AvgIpc) is 3.44. The van der Waals surface area contributed by atoms with E-state index in [-0.39, 0.29) is 35.7 Å². The quantitative estimate of drug-likeness (QED) is 0.420. The first kappa shape index (κ1) is 24.4. The first-order chi connectivity index (χ1) is 16.3. The molecule has 0 amide bonds. The number of aryl methyl sites for hydroxylation is 2. The molecule has 0 spiro atoms. The van der Waals surface area contributed by atoms with Crippen molar-refractivity contribution in [1.29, 1.82) is 0 Å². The third kappa shape index (κ3) is 5.65. The molecule has 0 N–H and O–H groups in total. The summed E-state index contributed by atoms with van der Waals surface area (Å²) in [4.78, 5) is 0.0998. The summed E-state index contributed by atoms with van der Waals surface area (Å²) < 4.78 is 59.1. The van der Waals surface area contributed by atoms with E-state index in [0.29, 0.717) is 36.6 Å². The van der Waals surface area contributed by atoms with Crippen molar-refractivity contribution in [3.05, 3.63) is 76.9 Å². The van der Waals surface area contributed by atoms with E-state index in [9.17, 15) is 12.8 Å². The van der Waals surface area contributed by atoms with Crippen LogP contribution in [0.2, 0.25) is 0 Å². The van der Waals surface area contributed by atoms with Crippen molar-refractivity contribution in [1.82, 2.24) is 9.46 Å². The van der Waals surface area contributed by atoms with Gasteiger partial charge in [-0.05, 0) is 56.0 Å². The molecule has 4 rings (SSSR count). The molecule has 1 aliphatic heterocycles. The molecule has 9 heteroatoms. The number of aromatic nitrogens is 1. The predicted molar refractivity (Wildman–Crippen MR) is 125 cm³/mol. The predicted octanol–water partition coefficient (Wildman–Crippen LogP) is 4.42. The SMILES string of the molecule is Cc1noc(C)c1S(=O)(=O)N(Cc1cccc(OCCc2ccccc2F)c1)C[C@@H]1CCCO1. The Morgan fingerprint density at radius 2 is 2.00 bits per heavy atom. The molecule has 0 bridgehead atoms. The van der Waals surface area contributed by atoms with Crippen LogP contribution in [0, 0.1) is 19.7 Å². The Hall–Kier alpha value is -2.75. The molecule has 2 heterocycles. The molecule has 2 aromatic carbocycles. The molecule has 1 atom stereocenters. The van der Waals surface area contributed by atoms with E-state index in [1.165, 1.54) is 10.4 Å². The molecule has 0 aliphatic carbocycles. The molecule has 1 aromatic heterocycles.